The minimum Gasteiger partial charge on any atom is -1.00 e. The largest absolute Gasteiger partial charge is 1.00 e. The minimum atomic E-state index is -0.280. The van der Waals surface area contributed by atoms with Crippen LogP contribution in [0.1, 0.15) is 47.8 Å². The van der Waals surface area contributed by atoms with E-state index in [1.807, 2.05) is 64.3 Å². The molecule has 0 spiro atoms. The van der Waals surface area contributed by atoms with E-state index in [2.05, 4.69) is 13.5 Å². The summed E-state index contributed by atoms with van der Waals surface area (Å²) in [6, 6.07) is 14.6. The predicted molar refractivity (Wildman–Crippen MR) is 125 cm³/mol. The fraction of sp³-hybridized carbons (Fsp3) is 0.280. The number of halogens is 3. The first-order valence-corrected chi connectivity index (χ1v) is 11.1. The van der Waals surface area contributed by atoms with E-state index in [0.29, 0.717) is 23.2 Å². The molecule has 0 fully saturated rings. The summed E-state index contributed by atoms with van der Waals surface area (Å²) in [5, 5.41) is 1.14. The van der Waals surface area contributed by atoms with E-state index in [9.17, 15) is 4.79 Å². The van der Waals surface area contributed by atoms with Crippen molar-refractivity contribution in [3.05, 3.63) is 101 Å². The van der Waals surface area contributed by atoms with Gasteiger partial charge in [0, 0.05) is 21.2 Å². The third kappa shape index (κ3) is 6.79. The van der Waals surface area contributed by atoms with Crippen LogP contribution in [0.4, 0.5) is 0 Å². The summed E-state index contributed by atoms with van der Waals surface area (Å²) in [6.07, 6.45) is 8.95. The molecular weight excluding hydrogens is 511 g/mol. The Morgan fingerprint density at radius 2 is 1.97 bits per heavy atom. The highest BCUT2D eigenvalue weighted by atomic mass is 79.9. The van der Waals surface area contributed by atoms with E-state index < -0.39 is 0 Å². The number of ketones is 1. The Bertz CT molecular complexity index is 1020. The number of carbonyl (C=O) groups excluding carboxylic acids is 1. The lowest BCUT2D eigenvalue weighted by molar-refractivity contribution is -0.704. The van der Waals surface area contributed by atoms with Crippen molar-refractivity contribution in [3.8, 4) is 0 Å². The maximum Gasteiger partial charge on any atom is 0.244 e. The van der Waals surface area contributed by atoms with Gasteiger partial charge in [-0.3, -0.25) is 4.79 Å². The molecule has 3 rings (SSSR count). The SMILES string of the molecule is C=CCOC(C[n+]1ccn(C(CCC)C(=O)c2ccccc2)c1)c1ccc(Cl)cc1Cl.[Br-]. The molecule has 0 amide bonds. The number of aromatic nitrogens is 2. The fourth-order valence-corrected chi connectivity index (χ4v) is 4.10. The third-order valence-corrected chi connectivity index (χ3v) is 5.66. The molecule has 0 aliphatic rings. The molecule has 2 atom stereocenters. The van der Waals surface area contributed by atoms with Crippen molar-refractivity contribution in [2.45, 2.75) is 38.5 Å². The molecule has 2 unspecified atom stereocenters. The van der Waals surface area contributed by atoms with Crippen LogP contribution in [0.3, 0.4) is 0 Å². The summed E-state index contributed by atoms with van der Waals surface area (Å²) in [7, 11) is 0. The van der Waals surface area contributed by atoms with E-state index in [1.165, 1.54) is 0 Å². The van der Waals surface area contributed by atoms with Crippen LogP contribution in [-0.4, -0.2) is 17.0 Å². The maximum atomic E-state index is 13.1. The molecule has 7 heteroatoms. The molecule has 3 aromatic rings. The lowest BCUT2D eigenvalue weighted by Gasteiger charge is -2.17. The Morgan fingerprint density at radius 1 is 1.22 bits per heavy atom. The van der Waals surface area contributed by atoms with E-state index in [4.69, 9.17) is 27.9 Å². The molecular formula is C25H27BrCl2N2O2. The average molecular weight is 538 g/mol. The lowest BCUT2D eigenvalue weighted by Crippen LogP contribution is -3.00. The van der Waals surface area contributed by atoms with Crippen LogP contribution in [0, 0.1) is 0 Å². The van der Waals surface area contributed by atoms with Gasteiger partial charge in [-0.25, -0.2) is 9.13 Å². The fourth-order valence-electron chi connectivity index (χ4n) is 3.57. The molecule has 0 radical (unpaired) electrons. The van der Waals surface area contributed by atoms with Crippen LogP contribution in [0.15, 0.2) is 79.9 Å². The highest BCUT2D eigenvalue weighted by Gasteiger charge is 2.27. The minimum absolute atomic E-state index is 0. The van der Waals surface area contributed by atoms with E-state index in [1.54, 1.807) is 18.2 Å². The van der Waals surface area contributed by atoms with Crippen molar-refractivity contribution in [1.82, 2.24) is 4.57 Å². The summed E-state index contributed by atoms with van der Waals surface area (Å²) in [4.78, 5) is 13.1. The number of rotatable bonds is 11. The summed E-state index contributed by atoms with van der Waals surface area (Å²) < 4.78 is 9.99. The molecule has 0 saturated heterocycles. The van der Waals surface area contributed by atoms with Gasteiger partial charge in [0.15, 0.2) is 6.04 Å². The summed E-state index contributed by atoms with van der Waals surface area (Å²) in [6.45, 7) is 6.77. The number of benzene rings is 2. The number of hydrogen-bond acceptors (Lipinski definition) is 2. The Morgan fingerprint density at radius 3 is 2.62 bits per heavy atom. The Balaban J connectivity index is 0.00000363. The molecule has 0 N–H and O–H groups in total. The van der Waals surface area contributed by atoms with Crippen molar-refractivity contribution in [1.29, 1.82) is 0 Å². The molecule has 0 aliphatic carbocycles. The van der Waals surface area contributed by atoms with Crippen LogP contribution in [-0.2, 0) is 11.3 Å². The highest BCUT2D eigenvalue weighted by Crippen LogP contribution is 2.29. The maximum absolute atomic E-state index is 13.1. The summed E-state index contributed by atoms with van der Waals surface area (Å²) in [5.74, 6) is 0.116. The Hall–Kier alpha value is -1.92. The topological polar surface area (TPSA) is 35.1 Å². The van der Waals surface area contributed by atoms with Gasteiger partial charge in [-0.1, -0.05) is 79.0 Å². The van der Waals surface area contributed by atoms with Gasteiger partial charge in [0.1, 0.15) is 25.0 Å². The first kappa shape index (κ1) is 26.3. The van der Waals surface area contributed by atoms with Crippen LogP contribution in [0.25, 0.3) is 0 Å². The Labute approximate surface area is 210 Å². The van der Waals surface area contributed by atoms with Gasteiger partial charge in [-0.05, 0) is 18.6 Å². The predicted octanol–water partition coefficient (Wildman–Crippen LogP) is 3.25. The molecule has 0 saturated carbocycles. The highest BCUT2D eigenvalue weighted by molar-refractivity contribution is 6.35. The molecule has 32 heavy (non-hydrogen) atoms. The van der Waals surface area contributed by atoms with Crippen molar-refractivity contribution < 1.29 is 31.1 Å². The molecule has 1 heterocycles. The second-order valence-corrected chi connectivity index (χ2v) is 8.21. The van der Waals surface area contributed by atoms with Crippen molar-refractivity contribution in [3.63, 3.8) is 0 Å². The smallest absolute Gasteiger partial charge is 0.244 e. The Kier molecular flexibility index (Phi) is 10.7. The van der Waals surface area contributed by atoms with Crippen LogP contribution in [0.5, 0.6) is 0 Å². The zero-order valence-corrected chi connectivity index (χ0v) is 21.1. The second kappa shape index (κ2) is 12.9. The van der Waals surface area contributed by atoms with Gasteiger partial charge >= 0.3 is 0 Å². The first-order chi connectivity index (χ1) is 15.0. The van der Waals surface area contributed by atoms with Gasteiger partial charge in [0.2, 0.25) is 12.1 Å². The van der Waals surface area contributed by atoms with E-state index in [0.717, 1.165) is 24.0 Å². The molecule has 0 aliphatic heterocycles. The van der Waals surface area contributed by atoms with Gasteiger partial charge in [0.05, 0.1) is 6.61 Å². The molecule has 170 valence electrons. The number of hydrogen-bond donors (Lipinski definition) is 0. The van der Waals surface area contributed by atoms with E-state index >= 15 is 0 Å². The van der Waals surface area contributed by atoms with Gasteiger partial charge in [0.25, 0.3) is 0 Å². The zero-order chi connectivity index (χ0) is 22.2. The first-order valence-electron chi connectivity index (χ1n) is 10.4. The number of ether oxygens (including phenoxy) is 1. The van der Waals surface area contributed by atoms with Crippen molar-refractivity contribution >= 4 is 29.0 Å². The second-order valence-electron chi connectivity index (χ2n) is 7.37. The van der Waals surface area contributed by atoms with Crippen LogP contribution in [0.2, 0.25) is 10.0 Å². The number of nitrogens with zero attached hydrogens (tertiary/aromatic N) is 2. The standard InChI is InChI=1S/C25H27Cl2N2O2.BrH/c1-3-8-23(25(30)19-9-6-5-7-10-19)29-14-13-28(18-29)17-24(31-15-4-2)21-12-11-20(26)16-22(21)27;/h4-7,9-14,16,18,23-24H,2-3,8,15,17H2,1H3;1H/q+1;/p-1. The van der Waals surface area contributed by atoms with Gasteiger partial charge in [-0.2, -0.15) is 0 Å². The zero-order valence-electron chi connectivity index (χ0n) is 18.0. The molecule has 2 aromatic carbocycles. The number of Topliss-reactive ketones (excluding diaryl/α,β-unsaturated/α-hetero) is 1. The molecule has 4 nitrogen and oxygen atoms in total. The quantitative estimate of drug-likeness (QED) is 0.214. The normalized spacial score (nSPS) is 12.6. The van der Waals surface area contributed by atoms with Gasteiger partial charge in [-0.15, -0.1) is 6.58 Å². The molecule has 1 aromatic heterocycles. The van der Waals surface area contributed by atoms with Crippen molar-refractivity contribution in [2.24, 2.45) is 0 Å². The summed E-state index contributed by atoms with van der Waals surface area (Å²) in [5.41, 5.74) is 1.58. The number of carbonyl (C=O) groups is 1. The monoisotopic (exact) mass is 536 g/mol. The van der Waals surface area contributed by atoms with E-state index in [-0.39, 0.29) is 34.9 Å². The van der Waals surface area contributed by atoms with Crippen LogP contribution >= 0.6 is 23.2 Å². The summed E-state index contributed by atoms with van der Waals surface area (Å²) >= 11 is 12.5. The third-order valence-electron chi connectivity index (χ3n) is 5.10. The molecule has 0 bridgehead atoms. The van der Waals surface area contributed by atoms with Crippen LogP contribution < -0.4 is 21.5 Å². The average Bonchev–Trinajstić information content (AvgIpc) is 3.23. The number of imidazole rings is 1. The van der Waals surface area contributed by atoms with Crippen molar-refractivity contribution in [2.75, 3.05) is 6.61 Å². The van der Waals surface area contributed by atoms with Gasteiger partial charge < -0.3 is 21.7 Å². The lowest BCUT2D eigenvalue weighted by atomic mass is 10.0.